The van der Waals surface area contributed by atoms with Gasteiger partial charge in [-0.3, -0.25) is 10.1 Å². The van der Waals surface area contributed by atoms with Crippen LogP contribution >= 0.6 is 27.5 Å². The number of halogens is 3. The van der Waals surface area contributed by atoms with Gasteiger partial charge in [0.05, 0.1) is 10.5 Å². The lowest BCUT2D eigenvalue weighted by Crippen LogP contribution is -2.17. The van der Waals surface area contributed by atoms with Crippen LogP contribution in [0.2, 0.25) is 0 Å². The zero-order valence-electron chi connectivity index (χ0n) is 7.71. The number of fused-ring (bicyclic) bond motifs is 1. The Kier molecular flexibility index (Phi) is 2.86. The molecule has 1 aliphatic rings. The highest BCUT2D eigenvalue weighted by Crippen LogP contribution is 2.39. The van der Waals surface area contributed by atoms with E-state index in [4.69, 9.17) is 11.6 Å². The predicted octanol–water partition coefficient (Wildman–Crippen LogP) is 3.47. The molecular weight excluding hydrogens is 302 g/mol. The summed E-state index contributed by atoms with van der Waals surface area (Å²) in [6, 6.07) is 2.81. The molecule has 84 valence electrons. The first-order valence-electron chi connectivity index (χ1n) is 4.24. The quantitative estimate of drug-likeness (QED) is 0.374. The van der Waals surface area contributed by atoms with Crippen molar-refractivity contribution in [1.82, 2.24) is 5.32 Å². The number of hydrogen-bond acceptors (Lipinski definition) is 3. The fourth-order valence-corrected chi connectivity index (χ4v) is 2.22. The van der Waals surface area contributed by atoms with Gasteiger partial charge in [-0.1, -0.05) is 27.5 Å². The number of nitrogens with one attached hydrogen (secondary N) is 1. The van der Waals surface area contributed by atoms with Crippen LogP contribution in [-0.4, -0.2) is 4.92 Å². The fraction of sp³-hybridized carbons (Fsp3) is 0.111. The minimum absolute atomic E-state index is 0.0630. The van der Waals surface area contributed by atoms with Crippen LogP contribution in [0.15, 0.2) is 22.8 Å². The number of benzene rings is 1. The van der Waals surface area contributed by atoms with Gasteiger partial charge in [-0.05, 0) is 6.07 Å². The minimum atomic E-state index is -0.689. The van der Waals surface area contributed by atoms with Gasteiger partial charge in [-0.2, -0.15) is 0 Å². The molecule has 0 amide bonds. The highest BCUT2D eigenvalue weighted by Gasteiger charge is 2.28. The first-order valence-corrected chi connectivity index (χ1v) is 5.47. The Labute approximate surface area is 103 Å². The molecule has 0 spiro atoms. The van der Waals surface area contributed by atoms with Crippen molar-refractivity contribution in [2.75, 3.05) is 0 Å². The topological polar surface area (TPSA) is 55.2 Å². The van der Waals surface area contributed by atoms with E-state index in [1.807, 2.05) is 0 Å². The van der Waals surface area contributed by atoms with Gasteiger partial charge in [0.1, 0.15) is 5.50 Å². The third-order valence-electron chi connectivity index (χ3n) is 2.18. The normalized spacial score (nSPS) is 18.4. The van der Waals surface area contributed by atoms with Gasteiger partial charge in [0.25, 0.3) is 5.69 Å². The second kappa shape index (κ2) is 4.03. The summed E-state index contributed by atoms with van der Waals surface area (Å²) in [6.07, 6.45) is 1.03. The van der Waals surface area contributed by atoms with Gasteiger partial charge in [0.15, 0.2) is 5.83 Å². The van der Waals surface area contributed by atoms with Crippen molar-refractivity contribution in [3.8, 4) is 0 Å². The van der Waals surface area contributed by atoms with Crippen LogP contribution in [0.1, 0.15) is 16.6 Å². The lowest BCUT2D eigenvalue weighted by atomic mass is 10.0. The average molecular weight is 308 g/mol. The van der Waals surface area contributed by atoms with Crippen molar-refractivity contribution >= 4 is 39.0 Å². The Morgan fingerprint density at radius 3 is 2.88 bits per heavy atom. The smallest absolute Gasteiger partial charge is 0.281 e. The van der Waals surface area contributed by atoms with Crippen LogP contribution in [0.4, 0.5) is 10.1 Å². The van der Waals surface area contributed by atoms with E-state index in [1.54, 1.807) is 6.07 Å². The van der Waals surface area contributed by atoms with E-state index in [0.29, 0.717) is 10.0 Å². The molecule has 1 unspecified atom stereocenters. The van der Waals surface area contributed by atoms with E-state index in [-0.39, 0.29) is 11.3 Å². The molecule has 0 saturated carbocycles. The van der Waals surface area contributed by atoms with Gasteiger partial charge in [-0.15, -0.1) is 0 Å². The third kappa shape index (κ3) is 1.78. The molecule has 0 aromatic heterocycles. The van der Waals surface area contributed by atoms with Crippen LogP contribution in [0.5, 0.6) is 0 Å². The zero-order valence-corrected chi connectivity index (χ0v) is 10.0. The van der Waals surface area contributed by atoms with Crippen LogP contribution in [-0.2, 0) is 0 Å². The van der Waals surface area contributed by atoms with E-state index in [2.05, 4.69) is 21.2 Å². The summed E-state index contributed by atoms with van der Waals surface area (Å²) in [5.41, 5.74) is -0.689. The van der Waals surface area contributed by atoms with Crippen molar-refractivity contribution in [3.05, 3.63) is 44.0 Å². The van der Waals surface area contributed by atoms with Crippen molar-refractivity contribution in [2.45, 2.75) is 5.50 Å². The Balaban J connectivity index is 2.75. The number of nitro groups is 1. The number of nitrogens with zero attached hydrogens (tertiary/aromatic N) is 1. The highest BCUT2D eigenvalue weighted by molar-refractivity contribution is 9.10. The lowest BCUT2D eigenvalue weighted by Gasteiger charge is -2.19. The SMILES string of the molecule is O=[N+]([O-])c1cc(Br)cc2c1C(F)=CNC2Cl. The van der Waals surface area contributed by atoms with Crippen LogP contribution in [0.3, 0.4) is 0 Å². The van der Waals surface area contributed by atoms with E-state index < -0.39 is 16.3 Å². The minimum Gasteiger partial charge on any atom is -0.369 e. The van der Waals surface area contributed by atoms with Crippen molar-refractivity contribution in [3.63, 3.8) is 0 Å². The molecule has 0 aliphatic carbocycles. The average Bonchev–Trinajstić information content (AvgIpc) is 2.22. The molecule has 1 atom stereocenters. The predicted molar refractivity (Wildman–Crippen MR) is 61.6 cm³/mol. The summed E-state index contributed by atoms with van der Waals surface area (Å²) >= 11 is 9.02. The molecule has 1 aliphatic heterocycles. The van der Waals surface area contributed by atoms with Gasteiger partial charge in [0, 0.05) is 22.3 Å². The van der Waals surface area contributed by atoms with Crippen molar-refractivity contribution in [1.29, 1.82) is 0 Å². The van der Waals surface area contributed by atoms with Gasteiger partial charge < -0.3 is 5.32 Å². The number of rotatable bonds is 1. The highest BCUT2D eigenvalue weighted by atomic mass is 79.9. The summed E-state index contributed by atoms with van der Waals surface area (Å²) in [5.74, 6) is -0.689. The van der Waals surface area contributed by atoms with Gasteiger partial charge in [-0.25, -0.2) is 4.39 Å². The Bertz CT molecular complexity index is 507. The van der Waals surface area contributed by atoms with E-state index in [0.717, 1.165) is 6.20 Å². The maximum Gasteiger partial charge on any atom is 0.281 e. The Morgan fingerprint density at radius 1 is 1.56 bits per heavy atom. The van der Waals surface area contributed by atoms with Crippen LogP contribution < -0.4 is 5.32 Å². The van der Waals surface area contributed by atoms with Crippen molar-refractivity contribution < 1.29 is 9.31 Å². The third-order valence-corrected chi connectivity index (χ3v) is 3.00. The molecule has 2 rings (SSSR count). The first-order chi connectivity index (χ1) is 7.50. The van der Waals surface area contributed by atoms with E-state index in [1.165, 1.54) is 6.07 Å². The molecule has 1 aromatic carbocycles. The molecule has 0 saturated heterocycles. The zero-order chi connectivity index (χ0) is 11.9. The molecule has 1 N–H and O–H groups in total. The Morgan fingerprint density at radius 2 is 2.25 bits per heavy atom. The summed E-state index contributed by atoms with van der Waals surface area (Å²) in [7, 11) is 0. The molecule has 4 nitrogen and oxygen atoms in total. The molecule has 0 fully saturated rings. The second-order valence-corrected chi connectivity index (χ2v) is 4.52. The molecule has 1 heterocycles. The molecule has 16 heavy (non-hydrogen) atoms. The summed E-state index contributed by atoms with van der Waals surface area (Å²) in [4.78, 5) is 10.2. The maximum atomic E-state index is 13.5. The molecule has 7 heteroatoms. The summed E-state index contributed by atoms with van der Waals surface area (Å²) in [5, 5.41) is 13.4. The van der Waals surface area contributed by atoms with E-state index >= 15 is 0 Å². The van der Waals surface area contributed by atoms with Crippen molar-refractivity contribution in [2.24, 2.45) is 0 Å². The lowest BCUT2D eigenvalue weighted by molar-refractivity contribution is -0.385. The molecule has 1 aromatic rings. The standard InChI is InChI=1S/C9H5BrClFN2O2/c10-4-1-5-8(7(2-4)14(15)16)6(12)3-13-9(5)11/h1-3,9,13H. The first kappa shape index (κ1) is 11.3. The Hall–Kier alpha value is -1.14. The maximum absolute atomic E-state index is 13.5. The monoisotopic (exact) mass is 306 g/mol. The number of hydrogen-bond donors (Lipinski definition) is 1. The van der Waals surface area contributed by atoms with Crippen LogP contribution in [0, 0.1) is 10.1 Å². The van der Waals surface area contributed by atoms with E-state index in [9.17, 15) is 14.5 Å². The van der Waals surface area contributed by atoms with Gasteiger partial charge in [0.2, 0.25) is 0 Å². The van der Waals surface area contributed by atoms with Crippen LogP contribution in [0.25, 0.3) is 5.83 Å². The largest absolute Gasteiger partial charge is 0.369 e. The fourth-order valence-electron chi connectivity index (χ4n) is 1.53. The second-order valence-electron chi connectivity index (χ2n) is 3.17. The van der Waals surface area contributed by atoms with Gasteiger partial charge >= 0.3 is 0 Å². The summed E-state index contributed by atoms with van der Waals surface area (Å²) < 4.78 is 14.0. The molecule has 0 radical (unpaired) electrons. The number of alkyl halides is 1. The summed E-state index contributed by atoms with van der Waals surface area (Å²) in [6.45, 7) is 0. The molecule has 0 bridgehead atoms. The molecular formula is C9H5BrClFN2O2. The number of nitro benzene ring substituents is 1.